The Labute approximate surface area is 120 Å². The van der Waals surface area contributed by atoms with E-state index >= 15 is 0 Å². The lowest BCUT2D eigenvalue weighted by Gasteiger charge is -2.22. The molecule has 1 aromatic carbocycles. The maximum atomic E-state index is 13.1. The summed E-state index contributed by atoms with van der Waals surface area (Å²) in [6.45, 7) is 5.51. The molecule has 0 fully saturated rings. The van der Waals surface area contributed by atoms with Gasteiger partial charge < -0.3 is 15.2 Å². The molecule has 1 unspecified atom stereocenters. The van der Waals surface area contributed by atoms with E-state index in [4.69, 9.17) is 4.74 Å². The fourth-order valence-electron chi connectivity index (χ4n) is 1.49. The second-order valence-electron chi connectivity index (χ2n) is 5.65. The van der Waals surface area contributed by atoms with Gasteiger partial charge in [-0.1, -0.05) is 0 Å². The lowest BCUT2D eigenvalue weighted by atomic mass is 10.1. The highest BCUT2D eigenvalue weighted by atomic mass is 19.4. The molecule has 0 saturated heterocycles. The van der Waals surface area contributed by atoms with Gasteiger partial charge in [0.25, 0.3) is 0 Å². The monoisotopic (exact) mass is 309 g/mol. The normalized spacial score (nSPS) is 14.1. The first-order chi connectivity index (χ1) is 9.49. The minimum Gasteiger partial charge on any atom is -0.389 e. The van der Waals surface area contributed by atoms with E-state index in [2.05, 4.69) is 5.32 Å². The average Bonchev–Trinajstić information content (AvgIpc) is 2.33. The Kier molecular flexibility index (Phi) is 5.58. The van der Waals surface area contributed by atoms with E-state index in [1.54, 1.807) is 0 Å². The van der Waals surface area contributed by atoms with E-state index in [0.717, 1.165) is 6.07 Å². The van der Waals surface area contributed by atoms with Crippen molar-refractivity contribution >= 4 is 5.69 Å². The third-order valence-corrected chi connectivity index (χ3v) is 2.52. The van der Waals surface area contributed by atoms with Crippen LogP contribution in [0.25, 0.3) is 0 Å². The molecule has 2 N–H and O–H groups in total. The molecule has 1 atom stereocenters. The summed E-state index contributed by atoms with van der Waals surface area (Å²) in [5, 5.41) is 12.3. The standard InChI is InChI=1S/C14H19F4NO2/c1-13(2,3)21-8-10(20)7-19-9-4-5-12(15)11(6-9)14(16,17)18/h4-6,10,19-20H,7-8H2,1-3H3. The molecule has 0 aromatic heterocycles. The van der Waals surface area contributed by atoms with Crippen LogP contribution in [0.3, 0.4) is 0 Å². The highest BCUT2D eigenvalue weighted by molar-refractivity contribution is 5.47. The highest BCUT2D eigenvalue weighted by Crippen LogP contribution is 2.32. The zero-order valence-electron chi connectivity index (χ0n) is 12.1. The molecule has 0 amide bonds. The van der Waals surface area contributed by atoms with Crippen LogP contribution in [0.4, 0.5) is 23.2 Å². The molecule has 21 heavy (non-hydrogen) atoms. The number of alkyl halides is 3. The second-order valence-corrected chi connectivity index (χ2v) is 5.65. The number of rotatable bonds is 5. The Balaban J connectivity index is 2.60. The molecule has 3 nitrogen and oxygen atoms in total. The van der Waals surface area contributed by atoms with Crippen LogP contribution in [0.5, 0.6) is 0 Å². The van der Waals surface area contributed by atoms with Crippen molar-refractivity contribution in [2.24, 2.45) is 0 Å². The topological polar surface area (TPSA) is 41.5 Å². The molecule has 0 heterocycles. The molecule has 0 saturated carbocycles. The molecule has 1 rings (SSSR count). The summed E-state index contributed by atoms with van der Waals surface area (Å²) < 4.78 is 56.1. The highest BCUT2D eigenvalue weighted by Gasteiger charge is 2.34. The molecule has 0 spiro atoms. The number of ether oxygens (including phenoxy) is 1. The predicted octanol–water partition coefficient (Wildman–Crippen LogP) is 3.43. The molecular weight excluding hydrogens is 290 g/mol. The first kappa shape index (κ1) is 17.7. The number of halogens is 4. The predicted molar refractivity (Wildman–Crippen MR) is 71.6 cm³/mol. The van der Waals surface area contributed by atoms with Gasteiger partial charge >= 0.3 is 6.18 Å². The summed E-state index contributed by atoms with van der Waals surface area (Å²) in [6, 6.07) is 2.60. The number of hydrogen-bond donors (Lipinski definition) is 2. The van der Waals surface area contributed by atoms with E-state index in [-0.39, 0.29) is 18.8 Å². The van der Waals surface area contributed by atoms with Gasteiger partial charge in [0, 0.05) is 12.2 Å². The average molecular weight is 309 g/mol. The summed E-state index contributed by atoms with van der Waals surface area (Å²) in [5.74, 6) is -1.33. The van der Waals surface area contributed by atoms with Crippen LogP contribution in [0, 0.1) is 5.82 Å². The van der Waals surface area contributed by atoms with E-state index in [1.807, 2.05) is 20.8 Å². The lowest BCUT2D eigenvalue weighted by Crippen LogP contribution is -2.30. The molecule has 0 aliphatic carbocycles. The Bertz CT molecular complexity index is 469. The van der Waals surface area contributed by atoms with Crippen LogP contribution < -0.4 is 5.32 Å². The van der Waals surface area contributed by atoms with Gasteiger partial charge in [-0.15, -0.1) is 0 Å². The van der Waals surface area contributed by atoms with Crippen molar-refractivity contribution in [1.29, 1.82) is 0 Å². The van der Waals surface area contributed by atoms with Gasteiger partial charge in [0.2, 0.25) is 0 Å². The van der Waals surface area contributed by atoms with Gasteiger partial charge in [0.05, 0.1) is 23.9 Å². The maximum absolute atomic E-state index is 13.1. The van der Waals surface area contributed by atoms with Gasteiger partial charge in [0.1, 0.15) is 5.82 Å². The first-order valence-corrected chi connectivity index (χ1v) is 6.42. The van der Waals surface area contributed by atoms with E-state index < -0.39 is 29.3 Å². The molecule has 0 bridgehead atoms. The first-order valence-electron chi connectivity index (χ1n) is 6.42. The maximum Gasteiger partial charge on any atom is 0.419 e. The molecule has 7 heteroatoms. The fourth-order valence-corrected chi connectivity index (χ4v) is 1.49. The van der Waals surface area contributed by atoms with Gasteiger partial charge in [-0.05, 0) is 39.0 Å². The SMILES string of the molecule is CC(C)(C)OCC(O)CNc1ccc(F)c(C(F)(F)F)c1. The van der Waals surface area contributed by atoms with Crippen molar-refractivity contribution in [2.75, 3.05) is 18.5 Å². The van der Waals surface area contributed by atoms with Crippen molar-refractivity contribution in [1.82, 2.24) is 0 Å². The minimum atomic E-state index is -4.75. The number of hydrogen-bond acceptors (Lipinski definition) is 3. The molecule has 0 aliphatic heterocycles. The van der Waals surface area contributed by atoms with Crippen LogP contribution in [0.15, 0.2) is 18.2 Å². The Morgan fingerprint density at radius 3 is 2.38 bits per heavy atom. The summed E-state index contributed by atoms with van der Waals surface area (Å²) in [7, 11) is 0. The van der Waals surface area contributed by atoms with Crippen LogP contribution in [-0.2, 0) is 10.9 Å². The van der Waals surface area contributed by atoms with Crippen molar-refractivity contribution in [3.63, 3.8) is 0 Å². The lowest BCUT2D eigenvalue weighted by molar-refractivity contribution is -0.139. The second kappa shape index (κ2) is 6.62. The van der Waals surface area contributed by atoms with Gasteiger partial charge in [-0.25, -0.2) is 4.39 Å². The quantitative estimate of drug-likeness (QED) is 0.819. The van der Waals surface area contributed by atoms with Crippen molar-refractivity contribution in [3.8, 4) is 0 Å². The summed E-state index contributed by atoms with van der Waals surface area (Å²) >= 11 is 0. The van der Waals surface area contributed by atoms with Gasteiger partial charge in [0.15, 0.2) is 0 Å². The fraction of sp³-hybridized carbons (Fsp3) is 0.571. The van der Waals surface area contributed by atoms with Gasteiger partial charge in [-0.2, -0.15) is 13.2 Å². The van der Waals surface area contributed by atoms with Crippen molar-refractivity contribution < 1.29 is 27.4 Å². The Morgan fingerprint density at radius 1 is 1.24 bits per heavy atom. The zero-order valence-corrected chi connectivity index (χ0v) is 12.1. The summed E-state index contributed by atoms with van der Waals surface area (Å²) in [6.07, 6.45) is -5.64. The molecule has 0 aliphatic rings. The van der Waals surface area contributed by atoms with E-state index in [1.165, 1.54) is 6.07 Å². The number of anilines is 1. The molecule has 0 radical (unpaired) electrons. The third kappa shape index (κ3) is 6.31. The Morgan fingerprint density at radius 2 is 1.86 bits per heavy atom. The number of nitrogens with one attached hydrogen (secondary N) is 1. The van der Waals surface area contributed by atoms with Crippen LogP contribution >= 0.6 is 0 Å². The van der Waals surface area contributed by atoms with Crippen molar-refractivity contribution in [3.05, 3.63) is 29.6 Å². The third-order valence-electron chi connectivity index (χ3n) is 2.52. The van der Waals surface area contributed by atoms with E-state index in [9.17, 15) is 22.7 Å². The van der Waals surface area contributed by atoms with Crippen molar-refractivity contribution in [2.45, 2.75) is 38.7 Å². The number of benzene rings is 1. The number of aliphatic hydroxyl groups excluding tert-OH is 1. The Hall–Kier alpha value is -1.34. The van der Waals surface area contributed by atoms with Crippen LogP contribution in [0.1, 0.15) is 26.3 Å². The molecule has 1 aromatic rings. The number of aliphatic hydroxyl groups is 1. The molecule has 120 valence electrons. The van der Waals surface area contributed by atoms with Crippen LogP contribution in [-0.4, -0.2) is 30.0 Å². The van der Waals surface area contributed by atoms with E-state index in [0.29, 0.717) is 6.07 Å². The van der Waals surface area contributed by atoms with Crippen LogP contribution in [0.2, 0.25) is 0 Å². The van der Waals surface area contributed by atoms with Gasteiger partial charge in [-0.3, -0.25) is 0 Å². The zero-order chi connectivity index (χ0) is 16.3. The molecular formula is C14H19F4NO2. The largest absolute Gasteiger partial charge is 0.419 e. The summed E-state index contributed by atoms with van der Waals surface area (Å²) in [4.78, 5) is 0. The smallest absolute Gasteiger partial charge is 0.389 e. The summed E-state index contributed by atoms with van der Waals surface area (Å²) in [5.41, 5.74) is -1.67. The minimum absolute atomic E-state index is 0.000983.